The fourth-order valence-electron chi connectivity index (χ4n) is 2.91. The van der Waals surface area contributed by atoms with Crippen LogP contribution in [0.25, 0.3) is 0 Å². The fraction of sp³-hybridized carbons (Fsp3) is 0.632. The summed E-state index contributed by atoms with van der Waals surface area (Å²) in [5.41, 5.74) is 3.67. The Morgan fingerprint density at radius 2 is 1.73 bits per heavy atom. The summed E-state index contributed by atoms with van der Waals surface area (Å²) in [6.45, 7) is 9.75. The molecule has 1 unspecified atom stereocenters. The minimum Gasteiger partial charge on any atom is -0.481 e. The van der Waals surface area contributed by atoms with Gasteiger partial charge in [-0.25, -0.2) is 0 Å². The van der Waals surface area contributed by atoms with E-state index in [-0.39, 0.29) is 5.92 Å². The van der Waals surface area contributed by atoms with Crippen molar-refractivity contribution in [3.8, 4) is 0 Å². The van der Waals surface area contributed by atoms with Crippen LogP contribution in [-0.4, -0.2) is 24.2 Å². The molecule has 3 heteroatoms. The Labute approximate surface area is 135 Å². The van der Waals surface area contributed by atoms with E-state index in [2.05, 4.69) is 43.9 Å². The molecule has 3 nitrogen and oxygen atoms in total. The first-order chi connectivity index (χ1) is 10.5. The summed E-state index contributed by atoms with van der Waals surface area (Å²) in [5.74, 6) is -1.07. The SMILES string of the molecule is CCCCCCCN(CC(C)C(=O)O)c1c(C)cccc1C. The third kappa shape index (κ3) is 5.70. The van der Waals surface area contributed by atoms with Crippen molar-refractivity contribution in [1.82, 2.24) is 0 Å². The molecule has 0 saturated heterocycles. The maximum atomic E-state index is 11.2. The van der Waals surface area contributed by atoms with Crippen molar-refractivity contribution in [3.63, 3.8) is 0 Å². The van der Waals surface area contributed by atoms with Crippen molar-refractivity contribution in [1.29, 1.82) is 0 Å². The van der Waals surface area contributed by atoms with Gasteiger partial charge < -0.3 is 10.0 Å². The molecular formula is C19H31NO2. The van der Waals surface area contributed by atoms with Gasteiger partial charge in [0.05, 0.1) is 5.92 Å². The van der Waals surface area contributed by atoms with E-state index in [1.807, 2.05) is 0 Å². The number of unbranched alkanes of at least 4 members (excludes halogenated alkanes) is 4. The Bertz CT molecular complexity index is 450. The lowest BCUT2D eigenvalue weighted by molar-refractivity contribution is -0.140. The molecule has 0 amide bonds. The smallest absolute Gasteiger partial charge is 0.308 e. The molecule has 0 aliphatic rings. The van der Waals surface area contributed by atoms with Crippen molar-refractivity contribution in [2.75, 3.05) is 18.0 Å². The maximum Gasteiger partial charge on any atom is 0.308 e. The molecular weight excluding hydrogens is 274 g/mol. The highest BCUT2D eigenvalue weighted by molar-refractivity contribution is 5.71. The van der Waals surface area contributed by atoms with Crippen LogP contribution >= 0.6 is 0 Å². The second kappa shape index (κ2) is 9.50. The molecule has 124 valence electrons. The minimum absolute atomic E-state index is 0.352. The second-order valence-corrected chi connectivity index (χ2v) is 6.34. The molecule has 1 N–H and O–H groups in total. The van der Waals surface area contributed by atoms with Crippen molar-refractivity contribution in [2.45, 2.75) is 59.8 Å². The average Bonchev–Trinajstić information content (AvgIpc) is 2.46. The largest absolute Gasteiger partial charge is 0.481 e. The normalized spacial score (nSPS) is 12.2. The molecule has 0 bridgehead atoms. The van der Waals surface area contributed by atoms with Crippen molar-refractivity contribution in [3.05, 3.63) is 29.3 Å². The first-order valence-electron chi connectivity index (χ1n) is 8.51. The van der Waals surface area contributed by atoms with Crippen molar-refractivity contribution < 1.29 is 9.90 Å². The quantitative estimate of drug-likeness (QED) is 0.631. The van der Waals surface area contributed by atoms with Crippen LogP contribution in [0.15, 0.2) is 18.2 Å². The molecule has 1 rings (SSSR count). The van der Waals surface area contributed by atoms with Crippen molar-refractivity contribution >= 4 is 11.7 Å². The number of nitrogens with zero attached hydrogens (tertiary/aromatic N) is 1. The molecule has 0 heterocycles. The highest BCUT2D eigenvalue weighted by Crippen LogP contribution is 2.26. The van der Waals surface area contributed by atoms with Crippen LogP contribution in [0.5, 0.6) is 0 Å². The lowest BCUT2D eigenvalue weighted by Crippen LogP contribution is -2.33. The van der Waals surface area contributed by atoms with Gasteiger partial charge in [-0.2, -0.15) is 0 Å². The van der Waals surface area contributed by atoms with Crippen LogP contribution in [0.3, 0.4) is 0 Å². The standard InChI is InChI=1S/C19H31NO2/c1-5-6-7-8-9-13-20(14-17(4)19(21)22)18-15(2)11-10-12-16(18)3/h10-12,17H,5-9,13-14H2,1-4H3,(H,21,22). The van der Waals surface area contributed by atoms with Gasteiger partial charge in [0, 0.05) is 18.8 Å². The molecule has 1 aromatic rings. The summed E-state index contributed by atoms with van der Waals surface area (Å²) in [6, 6.07) is 6.28. The number of para-hydroxylation sites is 1. The molecule has 1 atom stereocenters. The molecule has 22 heavy (non-hydrogen) atoms. The molecule has 0 aliphatic carbocycles. The number of anilines is 1. The number of hydrogen-bond acceptors (Lipinski definition) is 2. The van der Waals surface area contributed by atoms with Crippen LogP contribution in [0, 0.1) is 19.8 Å². The summed E-state index contributed by atoms with van der Waals surface area (Å²) in [5, 5.41) is 9.23. The fourth-order valence-corrected chi connectivity index (χ4v) is 2.91. The zero-order chi connectivity index (χ0) is 16.5. The van der Waals surface area contributed by atoms with Gasteiger partial charge in [-0.3, -0.25) is 4.79 Å². The van der Waals surface area contributed by atoms with E-state index >= 15 is 0 Å². The lowest BCUT2D eigenvalue weighted by atomic mass is 10.0. The topological polar surface area (TPSA) is 40.5 Å². The summed E-state index contributed by atoms with van der Waals surface area (Å²) in [7, 11) is 0. The third-order valence-electron chi connectivity index (χ3n) is 4.20. The second-order valence-electron chi connectivity index (χ2n) is 6.34. The monoisotopic (exact) mass is 305 g/mol. The third-order valence-corrected chi connectivity index (χ3v) is 4.20. The Morgan fingerprint density at radius 1 is 1.14 bits per heavy atom. The molecule has 0 spiro atoms. The summed E-state index contributed by atoms with van der Waals surface area (Å²) in [4.78, 5) is 13.5. The number of carbonyl (C=O) groups is 1. The molecule has 0 saturated carbocycles. The summed E-state index contributed by atoms with van der Waals surface area (Å²) < 4.78 is 0. The van der Waals surface area contributed by atoms with Crippen molar-refractivity contribution in [2.24, 2.45) is 5.92 Å². The van der Waals surface area contributed by atoms with E-state index in [1.165, 1.54) is 42.5 Å². The predicted octanol–water partition coefficient (Wildman–Crippen LogP) is 4.80. The zero-order valence-corrected chi connectivity index (χ0v) is 14.6. The van der Waals surface area contributed by atoms with Crippen LogP contribution in [0.2, 0.25) is 0 Å². The summed E-state index contributed by atoms with van der Waals surface area (Å²) in [6.07, 6.45) is 6.15. The molecule has 0 aromatic heterocycles. The minimum atomic E-state index is -0.720. The molecule has 1 aromatic carbocycles. The number of hydrogen-bond donors (Lipinski definition) is 1. The molecule has 0 fully saturated rings. The van der Waals surface area contributed by atoms with E-state index in [0.717, 1.165) is 13.0 Å². The highest BCUT2D eigenvalue weighted by atomic mass is 16.4. The summed E-state index contributed by atoms with van der Waals surface area (Å²) >= 11 is 0. The van der Waals surface area contributed by atoms with Gasteiger partial charge in [0.1, 0.15) is 0 Å². The van der Waals surface area contributed by atoms with Gasteiger partial charge in [-0.15, -0.1) is 0 Å². The van der Waals surface area contributed by atoms with E-state index in [1.54, 1.807) is 6.92 Å². The van der Waals surface area contributed by atoms with Gasteiger partial charge in [0.25, 0.3) is 0 Å². The van der Waals surface area contributed by atoms with Gasteiger partial charge in [-0.1, -0.05) is 57.7 Å². The Kier molecular flexibility index (Phi) is 8.00. The number of carboxylic acid groups (broad SMARTS) is 1. The number of aliphatic carboxylic acids is 1. The van der Waals surface area contributed by atoms with Crippen LogP contribution in [0.4, 0.5) is 5.69 Å². The Balaban J connectivity index is 2.79. The van der Waals surface area contributed by atoms with E-state index < -0.39 is 5.97 Å². The first kappa shape index (κ1) is 18.5. The van der Waals surface area contributed by atoms with Crippen LogP contribution < -0.4 is 4.90 Å². The number of benzene rings is 1. The van der Waals surface area contributed by atoms with Gasteiger partial charge in [0.2, 0.25) is 0 Å². The molecule has 0 aliphatic heterocycles. The van der Waals surface area contributed by atoms with Gasteiger partial charge >= 0.3 is 5.97 Å². The number of carboxylic acids is 1. The molecule has 0 radical (unpaired) electrons. The Morgan fingerprint density at radius 3 is 2.27 bits per heavy atom. The number of aryl methyl sites for hydroxylation is 2. The van der Waals surface area contributed by atoms with E-state index in [0.29, 0.717) is 6.54 Å². The predicted molar refractivity (Wildman–Crippen MR) is 93.7 cm³/mol. The van der Waals surface area contributed by atoms with Crippen LogP contribution in [0.1, 0.15) is 57.1 Å². The lowest BCUT2D eigenvalue weighted by Gasteiger charge is -2.29. The maximum absolute atomic E-state index is 11.2. The highest BCUT2D eigenvalue weighted by Gasteiger charge is 2.18. The van der Waals surface area contributed by atoms with E-state index in [9.17, 15) is 9.90 Å². The zero-order valence-electron chi connectivity index (χ0n) is 14.6. The number of rotatable bonds is 10. The van der Waals surface area contributed by atoms with Gasteiger partial charge in [0.15, 0.2) is 0 Å². The first-order valence-corrected chi connectivity index (χ1v) is 8.51. The van der Waals surface area contributed by atoms with Gasteiger partial charge in [-0.05, 0) is 31.4 Å². The van der Waals surface area contributed by atoms with Crippen LogP contribution in [-0.2, 0) is 4.79 Å². The Hall–Kier alpha value is -1.51. The van der Waals surface area contributed by atoms with E-state index in [4.69, 9.17) is 0 Å². The average molecular weight is 305 g/mol.